The van der Waals surface area contributed by atoms with Gasteiger partial charge in [-0.15, -0.1) is 0 Å². The Morgan fingerprint density at radius 2 is 2.13 bits per heavy atom. The SMILES string of the molecule is CC(C)OCc1ccc(O)cc1C(=O)O. The highest BCUT2D eigenvalue weighted by Gasteiger charge is 2.11. The maximum Gasteiger partial charge on any atom is 0.336 e. The monoisotopic (exact) mass is 210 g/mol. The van der Waals surface area contributed by atoms with Crippen LogP contribution >= 0.6 is 0 Å². The van der Waals surface area contributed by atoms with E-state index in [1.165, 1.54) is 12.1 Å². The molecule has 4 heteroatoms. The van der Waals surface area contributed by atoms with Gasteiger partial charge in [0, 0.05) is 0 Å². The molecule has 0 aliphatic carbocycles. The van der Waals surface area contributed by atoms with E-state index in [1.807, 2.05) is 13.8 Å². The summed E-state index contributed by atoms with van der Waals surface area (Å²) < 4.78 is 5.31. The second kappa shape index (κ2) is 4.79. The van der Waals surface area contributed by atoms with Crippen LogP contribution in [0.15, 0.2) is 18.2 Å². The van der Waals surface area contributed by atoms with Gasteiger partial charge in [0.15, 0.2) is 0 Å². The zero-order chi connectivity index (χ0) is 11.4. The highest BCUT2D eigenvalue weighted by Crippen LogP contribution is 2.18. The Labute approximate surface area is 88.1 Å². The van der Waals surface area contributed by atoms with Gasteiger partial charge in [-0.25, -0.2) is 4.79 Å². The van der Waals surface area contributed by atoms with Gasteiger partial charge in [0.25, 0.3) is 0 Å². The summed E-state index contributed by atoms with van der Waals surface area (Å²) in [6, 6.07) is 4.23. The molecule has 1 aromatic rings. The molecule has 1 aromatic carbocycles. The second-order valence-electron chi connectivity index (χ2n) is 3.51. The predicted molar refractivity (Wildman–Crippen MR) is 55.0 cm³/mol. The largest absolute Gasteiger partial charge is 0.508 e. The summed E-state index contributed by atoms with van der Waals surface area (Å²) in [4.78, 5) is 10.9. The van der Waals surface area contributed by atoms with Gasteiger partial charge in [-0.05, 0) is 31.5 Å². The fourth-order valence-electron chi connectivity index (χ4n) is 1.15. The van der Waals surface area contributed by atoms with Gasteiger partial charge in [-0.3, -0.25) is 0 Å². The van der Waals surface area contributed by atoms with Crippen molar-refractivity contribution in [1.82, 2.24) is 0 Å². The minimum atomic E-state index is -1.06. The Balaban J connectivity index is 2.91. The number of hydrogen-bond donors (Lipinski definition) is 2. The molecule has 0 spiro atoms. The molecule has 0 atom stereocenters. The Hall–Kier alpha value is -1.55. The minimum Gasteiger partial charge on any atom is -0.508 e. The molecule has 0 radical (unpaired) electrons. The van der Waals surface area contributed by atoms with E-state index in [0.29, 0.717) is 5.56 Å². The van der Waals surface area contributed by atoms with Gasteiger partial charge in [0.05, 0.1) is 18.3 Å². The van der Waals surface area contributed by atoms with Crippen molar-refractivity contribution in [1.29, 1.82) is 0 Å². The van der Waals surface area contributed by atoms with Gasteiger partial charge in [0.1, 0.15) is 5.75 Å². The maximum atomic E-state index is 10.9. The van der Waals surface area contributed by atoms with E-state index in [-0.39, 0.29) is 24.0 Å². The van der Waals surface area contributed by atoms with Crippen LogP contribution < -0.4 is 0 Å². The molecule has 2 N–H and O–H groups in total. The lowest BCUT2D eigenvalue weighted by Gasteiger charge is -2.10. The van der Waals surface area contributed by atoms with Crippen molar-refractivity contribution < 1.29 is 19.7 Å². The average molecular weight is 210 g/mol. The van der Waals surface area contributed by atoms with Crippen LogP contribution in [-0.2, 0) is 11.3 Å². The number of rotatable bonds is 4. The highest BCUT2D eigenvalue weighted by atomic mass is 16.5. The van der Waals surface area contributed by atoms with Crippen LogP contribution in [-0.4, -0.2) is 22.3 Å². The van der Waals surface area contributed by atoms with Crippen molar-refractivity contribution >= 4 is 5.97 Å². The molecule has 15 heavy (non-hydrogen) atoms. The Bertz CT molecular complexity index is 358. The summed E-state index contributed by atoms with van der Waals surface area (Å²) in [5.41, 5.74) is 0.643. The molecule has 0 fully saturated rings. The van der Waals surface area contributed by atoms with Crippen molar-refractivity contribution in [3.8, 4) is 5.75 Å². The van der Waals surface area contributed by atoms with Gasteiger partial charge < -0.3 is 14.9 Å². The predicted octanol–water partition coefficient (Wildman–Crippen LogP) is 2.02. The normalized spacial score (nSPS) is 10.6. The number of phenolic OH excluding ortho intramolecular Hbond substituents is 1. The van der Waals surface area contributed by atoms with Crippen molar-refractivity contribution in [3.05, 3.63) is 29.3 Å². The molecule has 82 valence electrons. The number of benzene rings is 1. The van der Waals surface area contributed by atoms with E-state index in [9.17, 15) is 4.79 Å². The molecule has 0 unspecified atom stereocenters. The van der Waals surface area contributed by atoms with Crippen molar-refractivity contribution in [2.24, 2.45) is 0 Å². The van der Waals surface area contributed by atoms with Gasteiger partial charge in [-0.1, -0.05) is 6.07 Å². The van der Waals surface area contributed by atoms with Gasteiger partial charge in [0.2, 0.25) is 0 Å². The zero-order valence-corrected chi connectivity index (χ0v) is 8.73. The van der Waals surface area contributed by atoms with Crippen LogP contribution in [0.3, 0.4) is 0 Å². The number of carboxylic acid groups (broad SMARTS) is 1. The first-order valence-electron chi connectivity index (χ1n) is 4.67. The first-order valence-corrected chi connectivity index (χ1v) is 4.67. The number of ether oxygens (including phenoxy) is 1. The summed E-state index contributed by atoms with van der Waals surface area (Å²) in [7, 11) is 0. The van der Waals surface area contributed by atoms with Crippen LogP contribution in [0.1, 0.15) is 29.8 Å². The van der Waals surface area contributed by atoms with Crippen molar-refractivity contribution in [2.75, 3.05) is 0 Å². The third-order valence-corrected chi connectivity index (χ3v) is 1.90. The molecule has 4 nitrogen and oxygen atoms in total. The molecule has 0 aromatic heterocycles. The lowest BCUT2D eigenvalue weighted by Crippen LogP contribution is -2.07. The van der Waals surface area contributed by atoms with Gasteiger partial charge in [-0.2, -0.15) is 0 Å². The summed E-state index contributed by atoms with van der Waals surface area (Å²) in [6.07, 6.45) is 0.0421. The van der Waals surface area contributed by atoms with Crippen LogP contribution in [0.4, 0.5) is 0 Å². The standard InChI is InChI=1S/C11H14O4/c1-7(2)15-6-8-3-4-9(12)5-10(8)11(13)14/h3-5,7,12H,6H2,1-2H3,(H,13,14). The van der Waals surface area contributed by atoms with Crippen LogP contribution in [0.2, 0.25) is 0 Å². The topological polar surface area (TPSA) is 66.8 Å². The Morgan fingerprint density at radius 1 is 1.47 bits per heavy atom. The van der Waals surface area contributed by atoms with Crippen LogP contribution in [0, 0.1) is 0 Å². The summed E-state index contributed by atoms with van der Waals surface area (Å²) in [6.45, 7) is 3.99. The summed E-state index contributed by atoms with van der Waals surface area (Å²) >= 11 is 0. The van der Waals surface area contributed by atoms with Crippen molar-refractivity contribution in [3.63, 3.8) is 0 Å². The quantitative estimate of drug-likeness (QED) is 0.797. The van der Waals surface area contributed by atoms with Crippen molar-refractivity contribution in [2.45, 2.75) is 26.6 Å². The highest BCUT2D eigenvalue weighted by molar-refractivity contribution is 5.89. The number of carboxylic acids is 1. The van der Waals surface area contributed by atoms with Crippen LogP contribution in [0.5, 0.6) is 5.75 Å². The van der Waals surface area contributed by atoms with E-state index >= 15 is 0 Å². The third-order valence-electron chi connectivity index (χ3n) is 1.90. The summed E-state index contributed by atoms with van der Waals surface area (Å²) in [5, 5.41) is 18.0. The molecular formula is C11H14O4. The number of aromatic carboxylic acids is 1. The Morgan fingerprint density at radius 3 is 2.67 bits per heavy atom. The van der Waals surface area contributed by atoms with Gasteiger partial charge >= 0.3 is 5.97 Å². The fraction of sp³-hybridized carbons (Fsp3) is 0.364. The first kappa shape index (κ1) is 11.5. The molecule has 0 saturated carbocycles. The molecule has 0 saturated heterocycles. The van der Waals surface area contributed by atoms with Crippen LogP contribution in [0.25, 0.3) is 0 Å². The molecule has 0 aliphatic rings. The van der Waals surface area contributed by atoms with E-state index in [4.69, 9.17) is 14.9 Å². The lowest BCUT2D eigenvalue weighted by atomic mass is 10.1. The fourth-order valence-corrected chi connectivity index (χ4v) is 1.15. The molecule has 0 amide bonds. The van der Waals surface area contributed by atoms with E-state index in [0.717, 1.165) is 0 Å². The second-order valence-corrected chi connectivity index (χ2v) is 3.51. The van der Waals surface area contributed by atoms with E-state index in [2.05, 4.69) is 0 Å². The molecule has 1 rings (SSSR count). The number of hydrogen-bond acceptors (Lipinski definition) is 3. The molecule has 0 bridgehead atoms. The molecule has 0 aliphatic heterocycles. The number of aromatic hydroxyl groups is 1. The molecule has 0 heterocycles. The van der Waals surface area contributed by atoms with E-state index < -0.39 is 5.97 Å². The maximum absolute atomic E-state index is 10.9. The third kappa shape index (κ3) is 3.25. The smallest absolute Gasteiger partial charge is 0.336 e. The molecular weight excluding hydrogens is 196 g/mol. The minimum absolute atomic E-state index is 0.0421. The Kier molecular flexibility index (Phi) is 3.68. The average Bonchev–Trinajstić information content (AvgIpc) is 2.15. The number of phenols is 1. The first-order chi connectivity index (χ1) is 7.00. The van der Waals surface area contributed by atoms with E-state index in [1.54, 1.807) is 6.07 Å². The zero-order valence-electron chi connectivity index (χ0n) is 8.73. The summed E-state index contributed by atoms with van der Waals surface area (Å²) in [5.74, 6) is -1.12. The number of carbonyl (C=O) groups is 1. The lowest BCUT2D eigenvalue weighted by molar-refractivity contribution is 0.0606.